The van der Waals surface area contributed by atoms with Gasteiger partial charge in [-0.2, -0.15) is 0 Å². The third-order valence-corrected chi connectivity index (χ3v) is 4.33. The van der Waals surface area contributed by atoms with Crippen LogP contribution in [-0.2, 0) is 0 Å². The Bertz CT molecular complexity index is 359. The summed E-state index contributed by atoms with van der Waals surface area (Å²) >= 11 is 0. The Morgan fingerprint density at radius 1 is 1.11 bits per heavy atom. The topological polar surface area (TPSA) is 19.4 Å². The van der Waals surface area contributed by atoms with Crippen molar-refractivity contribution < 1.29 is 0 Å². The number of likely N-dealkylation sites (tertiary alicyclic amines) is 2. The van der Waals surface area contributed by atoms with Gasteiger partial charge in [0.25, 0.3) is 0 Å². The molecule has 0 amide bonds. The minimum Gasteiger partial charge on any atom is -0.302 e. The van der Waals surface area contributed by atoms with Gasteiger partial charge in [0, 0.05) is 31.5 Å². The molecule has 0 aromatic carbocycles. The minimum atomic E-state index is 0.612. The van der Waals surface area contributed by atoms with Crippen LogP contribution >= 0.6 is 0 Å². The molecule has 98 valence electrons. The monoisotopic (exact) mass is 245 g/mol. The molecule has 2 aliphatic rings. The Morgan fingerprint density at radius 2 is 2.00 bits per heavy atom. The summed E-state index contributed by atoms with van der Waals surface area (Å²) in [5.41, 5.74) is 1.40. The van der Waals surface area contributed by atoms with Crippen LogP contribution in [0.25, 0.3) is 0 Å². The quantitative estimate of drug-likeness (QED) is 0.811. The van der Waals surface area contributed by atoms with Gasteiger partial charge in [0.1, 0.15) is 0 Å². The molecule has 0 N–H and O–H groups in total. The van der Waals surface area contributed by atoms with Crippen molar-refractivity contribution in [1.82, 2.24) is 14.8 Å². The van der Waals surface area contributed by atoms with E-state index in [0.717, 1.165) is 0 Å². The summed E-state index contributed by atoms with van der Waals surface area (Å²) in [6.45, 7) is 6.35. The fraction of sp³-hybridized carbons (Fsp3) is 0.667. The number of nitrogens with zero attached hydrogens (tertiary/aromatic N) is 3. The lowest BCUT2D eigenvalue weighted by atomic mass is 10.1. The Hall–Kier alpha value is -0.930. The zero-order valence-corrected chi connectivity index (χ0v) is 11.1. The summed E-state index contributed by atoms with van der Waals surface area (Å²) in [6.07, 6.45) is 9.33. The molecule has 2 fully saturated rings. The molecule has 3 rings (SSSR count). The average molecular weight is 245 g/mol. The van der Waals surface area contributed by atoms with Gasteiger partial charge in [-0.15, -0.1) is 0 Å². The van der Waals surface area contributed by atoms with Gasteiger partial charge < -0.3 is 4.90 Å². The van der Waals surface area contributed by atoms with Crippen LogP contribution < -0.4 is 0 Å². The van der Waals surface area contributed by atoms with Crippen LogP contribution in [0.4, 0.5) is 0 Å². The fourth-order valence-electron chi connectivity index (χ4n) is 3.32. The predicted octanol–water partition coefficient (Wildman–Crippen LogP) is 2.31. The summed E-state index contributed by atoms with van der Waals surface area (Å²) in [5, 5.41) is 0. The highest BCUT2D eigenvalue weighted by molar-refractivity contribution is 5.15. The summed E-state index contributed by atoms with van der Waals surface area (Å²) in [6, 6.07) is 4.90. The van der Waals surface area contributed by atoms with E-state index in [0.29, 0.717) is 6.04 Å². The SMILES string of the molecule is c1cncc([C@H]2CCCN2CCN2CCCC2)c1. The average Bonchev–Trinajstić information content (AvgIpc) is 3.09. The van der Waals surface area contributed by atoms with Crippen molar-refractivity contribution in [3.8, 4) is 0 Å². The third kappa shape index (κ3) is 2.73. The first-order valence-corrected chi connectivity index (χ1v) is 7.30. The van der Waals surface area contributed by atoms with Crippen molar-refractivity contribution in [2.45, 2.75) is 31.7 Å². The zero-order chi connectivity index (χ0) is 12.2. The van der Waals surface area contributed by atoms with Crippen molar-refractivity contribution in [2.24, 2.45) is 0 Å². The molecule has 0 spiro atoms. The van der Waals surface area contributed by atoms with Gasteiger partial charge >= 0.3 is 0 Å². The van der Waals surface area contributed by atoms with Crippen LogP contribution in [0.15, 0.2) is 24.5 Å². The van der Waals surface area contributed by atoms with E-state index in [1.54, 1.807) is 0 Å². The second-order valence-electron chi connectivity index (χ2n) is 5.53. The largest absolute Gasteiger partial charge is 0.302 e. The first-order valence-electron chi connectivity index (χ1n) is 7.30. The van der Waals surface area contributed by atoms with Crippen molar-refractivity contribution in [1.29, 1.82) is 0 Å². The Kier molecular flexibility index (Phi) is 3.91. The fourth-order valence-corrected chi connectivity index (χ4v) is 3.32. The minimum absolute atomic E-state index is 0.612. The number of rotatable bonds is 4. The number of hydrogen-bond donors (Lipinski definition) is 0. The molecule has 0 bridgehead atoms. The van der Waals surface area contributed by atoms with Gasteiger partial charge in [0.15, 0.2) is 0 Å². The van der Waals surface area contributed by atoms with Crippen LogP contribution in [0, 0.1) is 0 Å². The zero-order valence-electron chi connectivity index (χ0n) is 11.1. The van der Waals surface area contributed by atoms with Gasteiger partial charge in [-0.3, -0.25) is 9.88 Å². The highest BCUT2D eigenvalue weighted by Gasteiger charge is 2.26. The Balaban J connectivity index is 1.57. The molecule has 1 aromatic rings. The smallest absolute Gasteiger partial charge is 0.0364 e. The summed E-state index contributed by atoms with van der Waals surface area (Å²) in [5.74, 6) is 0. The van der Waals surface area contributed by atoms with E-state index in [1.165, 1.54) is 64.0 Å². The standard InChI is InChI=1S/C15H23N3/c1-2-9-17(8-1)11-12-18-10-4-6-15(18)14-5-3-7-16-13-14/h3,5,7,13,15H,1-2,4,6,8-12H2/t15-/m1/s1. The molecule has 2 saturated heterocycles. The van der Waals surface area contributed by atoms with Gasteiger partial charge in [-0.25, -0.2) is 0 Å². The highest BCUT2D eigenvalue weighted by Crippen LogP contribution is 2.30. The lowest BCUT2D eigenvalue weighted by molar-refractivity contribution is 0.213. The molecule has 1 atom stereocenters. The van der Waals surface area contributed by atoms with Crippen LogP contribution in [-0.4, -0.2) is 47.5 Å². The van der Waals surface area contributed by atoms with Crippen molar-refractivity contribution >= 4 is 0 Å². The molecule has 0 saturated carbocycles. The van der Waals surface area contributed by atoms with E-state index < -0.39 is 0 Å². The Labute approximate surface area is 110 Å². The van der Waals surface area contributed by atoms with E-state index >= 15 is 0 Å². The molecular formula is C15H23N3. The van der Waals surface area contributed by atoms with Crippen LogP contribution in [0.2, 0.25) is 0 Å². The first kappa shape index (κ1) is 12.1. The maximum atomic E-state index is 4.26. The van der Waals surface area contributed by atoms with Crippen LogP contribution in [0.5, 0.6) is 0 Å². The number of aromatic nitrogens is 1. The molecule has 3 nitrogen and oxygen atoms in total. The van der Waals surface area contributed by atoms with Crippen LogP contribution in [0.1, 0.15) is 37.3 Å². The molecular weight excluding hydrogens is 222 g/mol. The second kappa shape index (κ2) is 5.81. The van der Waals surface area contributed by atoms with E-state index in [1.807, 2.05) is 12.4 Å². The lowest BCUT2D eigenvalue weighted by Gasteiger charge is -2.26. The molecule has 2 aliphatic heterocycles. The molecule has 0 aliphatic carbocycles. The van der Waals surface area contributed by atoms with Crippen molar-refractivity contribution in [2.75, 3.05) is 32.7 Å². The number of hydrogen-bond acceptors (Lipinski definition) is 3. The maximum Gasteiger partial charge on any atom is 0.0364 e. The van der Waals surface area contributed by atoms with Gasteiger partial charge in [0.05, 0.1) is 0 Å². The van der Waals surface area contributed by atoms with E-state index in [2.05, 4.69) is 26.9 Å². The summed E-state index contributed by atoms with van der Waals surface area (Å²) < 4.78 is 0. The lowest BCUT2D eigenvalue weighted by Crippen LogP contribution is -2.33. The van der Waals surface area contributed by atoms with E-state index in [4.69, 9.17) is 0 Å². The highest BCUT2D eigenvalue weighted by atomic mass is 15.2. The van der Waals surface area contributed by atoms with E-state index in [-0.39, 0.29) is 0 Å². The second-order valence-corrected chi connectivity index (χ2v) is 5.53. The van der Waals surface area contributed by atoms with Gasteiger partial charge in [0.2, 0.25) is 0 Å². The molecule has 0 unspecified atom stereocenters. The summed E-state index contributed by atoms with van der Waals surface area (Å²) in [7, 11) is 0. The van der Waals surface area contributed by atoms with Crippen molar-refractivity contribution in [3.63, 3.8) is 0 Å². The van der Waals surface area contributed by atoms with E-state index in [9.17, 15) is 0 Å². The molecule has 18 heavy (non-hydrogen) atoms. The van der Waals surface area contributed by atoms with Gasteiger partial charge in [-0.1, -0.05) is 6.07 Å². The Morgan fingerprint density at radius 3 is 2.78 bits per heavy atom. The molecule has 3 heteroatoms. The van der Waals surface area contributed by atoms with Crippen molar-refractivity contribution in [3.05, 3.63) is 30.1 Å². The number of pyridine rings is 1. The molecule has 0 radical (unpaired) electrons. The van der Waals surface area contributed by atoms with Crippen LogP contribution in [0.3, 0.4) is 0 Å². The predicted molar refractivity (Wildman–Crippen MR) is 73.5 cm³/mol. The third-order valence-electron chi connectivity index (χ3n) is 4.33. The molecule has 1 aromatic heterocycles. The molecule has 3 heterocycles. The first-order chi connectivity index (χ1) is 8.93. The maximum absolute atomic E-state index is 4.26. The normalized spacial score (nSPS) is 25.9. The van der Waals surface area contributed by atoms with Gasteiger partial charge in [-0.05, 0) is 56.9 Å². The summed E-state index contributed by atoms with van der Waals surface area (Å²) in [4.78, 5) is 9.52.